The van der Waals surface area contributed by atoms with E-state index >= 15 is 0 Å². The van der Waals surface area contributed by atoms with Crippen molar-refractivity contribution >= 4 is 29.0 Å². The predicted molar refractivity (Wildman–Crippen MR) is 74.9 cm³/mol. The van der Waals surface area contributed by atoms with Gasteiger partial charge in [0.2, 0.25) is 5.91 Å². The Labute approximate surface area is 119 Å². The molecule has 0 fully saturated rings. The van der Waals surface area contributed by atoms with Crippen LogP contribution in [-0.2, 0) is 4.79 Å². The van der Waals surface area contributed by atoms with E-state index in [0.717, 1.165) is 0 Å². The summed E-state index contributed by atoms with van der Waals surface area (Å²) in [5.74, 6) is -1.31. The summed E-state index contributed by atoms with van der Waals surface area (Å²) in [6, 6.07) is 6.13. The van der Waals surface area contributed by atoms with Gasteiger partial charge in [-0.1, -0.05) is 0 Å². The van der Waals surface area contributed by atoms with Crippen LogP contribution in [0.15, 0.2) is 41.7 Å². The van der Waals surface area contributed by atoms with Gasteiger partial charge < -0.3 is 10.4 Å². The fraction of sp³-hybridized carbons (Fsp3) is 0.0714. The van der Waals surface area contributed by atoms with Crippen LogP contribution < -0.4 is 5.32 Å². The minimum atomic E-state index is -1.06. The second-order valence-corrected chi connectivity index (χ2v) is 4.45. The van der Waals surface area contributed by atoms with Gasteiger partial charge in [-0.05, 0) is 24.3 Å². The molecular weight excluding hydrogens is 272 g/mol. The van der Waals surface area contributed by atoms with Gasteiger partial charge in [-0.3, -0.25) is 9.79 Å². The van der Waals surface area contributed by atoms with Gasteiger partial charge >= 0.3 is 5.97 Å². The predicted octanol–water partition coefficient (Wildman–Crippen LogP) is 1.64. The first-order valence-electron chi connectivity index (χ1n) is 6.15. The number of carbonyl (C=O) groups excluding carboxylic acids is 1. The van der Waals surface area contributed by atoms with Gasteiger partial charge in [0.05, 0.1) is 41.5 Å². The molecule has 0 bridgehead atoms. The fourth-order valence-corrected chi connectivity index (χ4v) is 2.03. The molecule has 1 amide bonds. The van der Waals surface area contributed by atoms with Crippen molar-refractivity contribution in [2.45, 2.75) is 6.42 Å². The van der Waals surface area contributed by atoms with Gasteiger partial charge in [0, 0.05) is 5.56 Å². The maximum Gasteiger partial charge on any atom is 0.335 e. The number of anilines is 1. The van der Waals surface area contributed by atoms with E-state index in [1.165, 1.54) is 24.5 Å². The molecule has 0 atom stereocenters. The highest BCUT2D eigenvalue weighted by molar-refractivity contribution is 6.17. The highest BCUT2D eigenvalue weighted by Crippen LogP contribution is 2.30. The Bertz CT molecular complexity index is 756. The van der Waals surface area contributed by atoms with E-state index in [1.807, 2.05) is 0 Å². The Balaban J connectivity index is 2.09. The Hall–Kier alpha value is -3.09. The molecule has 2 aromatic rings. The third-order valence-corrected chi connectivity index (χ3v) is 3.02. The molecule has 1 aromatic carbocycles. The number of aromatic nitrogens is 2. The maximum atomic E-state index is 11.9. The Morgan fingerprint density at radius 1 is 1.24 bits per heavy atom. The molecule has 2 heterocycles. The van der Waals surface area contributed by atoms with E-state index in [4.69, 9.17) is 5.11 Å². The van der Waals surface area contributed by atoms with Crippen LogP contribution in [0.2, 0.25) is 0 Å². The molecule has 7 nitrogen and oxygen atoms in total. The largest absolute Gasteiger partial charge is 0.478 e. The molecule has 2 N–H and O–H groups in total. The second-order valence-electron chi connectivity index (χ2n) is 4.45. The normalized spacial score (nSPS) is 13.7. The third kappa shape index (κ3) is 2.62. The number of carboxylic acids is 1. The molecule has 1 aliphatic heterocycles. The second kappa shape index (κ2) is 5.12. The number of hydrogen-bond donors (Lipinski definition) is 2. The Morgan fingerprint density at radius 3 is 2.81 bits per heavy atom. The summed E-state index contributed by atoms with van der Waals surface area (Å²) < 4.78 is 0. The maximum absolute atomic E-state index is 11.9. The van der Waals surface area contributed by atoms with E-state index in [-0.39, 0.29) is 17.9 Å². The van der Waals surface area contributed by atoms with Crippen LogP contribution in [0.5, 0.6) is 0 Å². The van der Waals surface area contributed by atoms with Crippen molar-refractivity contribution in [1.82, 2.24) is 10.2 Å². The van der Waals surface area contributed by atoms with E-state index in [2.05, 4.69) is 20.5 Å². The quantitative estimate of drug-likeness (QED) is 0.871. The lowest BCUT2D eigenvalue weighted by molar-refractivity contribution is -0.115. The minimum absolute atomic E-state index is 0.0861. The van der Waals surface area contributed by atoms with Crippen molar-refractivity contribution in [2.75, 3.05) is 5.32 Å². The summed E-state index contributed by atoms with van der Waals surface area (Å²) in [7, 11) is 0. The SMILES string of the molecule is O=C1CC(c2ccnnc2)=Nc2ccc(C(=O)O)cc2N1. The standard InChI is InChI=1S/C14H10N4O3/c19-13-6-11(9-3-4-15-16-7-9)17-10-2-1-8(14(20)21)5-12(10)18-13/h1-5,7H,6H2,(H,18,19)(H,20,21). The fourth-order valence-electron chi connectivity index (χ4n) is 2.03. The van der Waals surface area contributed by atoms with Crippen LogP contribution in [0.25, 0.3) is 0 Å². The lowest BCUT2D eigenvalue weighted by Crippen LogP contribution is -2.15. The number of nitrogens with zero attached hydrogens (tertiary/aromatic N) is 3. The summed E-state index contributed by atoms with van der Waals surface area (Å²) in [5.41, 5.74) is 2.26. The summed E-state index contributed by atoms with van der Waals surface area (Å²) in [5, 5.41) is 19.1. The number of nitrogens with one attached hydrogen (secondary N) is 1. The van der Waals surface area contributed by atoms with Crippen molar-refractivity contribution < 1.29 is 14.7 Å². The molecule has 0 radical (unpaired) electrons. The first-order chi connectivity index (χ1) is 10.1. The van der Waals surface area contributed by atoms with Gasteiger partial charge in [-0.15, -0.1) is 0 Å². The van der Waals surface area contributed by atoms with Gasteiger partial charge in [0.25, 0.3) is 0 Å². The smallest absolute Gasteiger partial charge is 0.335 e. The first-order valence-corrected chi connectivity index (χ1v) is 6.15. The molecule has 21 heavy (non-hydrogen) atoms. The Kier molecular flexibility index (Phi) is 3.15. The van der Waals surface area contributed by atoms with Crippen molar-refractivity contribution in [3.8, 4) is 0 Å². The highest BCUT2D eigenvalue weighted by atomic mass is 16.4. The van der Waals surface area contributed by atoms with Gasteiger partial charge in [-0.25, -0.2) is 4.79 Å². The van der Waals surface area contributed by atoms with Crippen molar-refractivity contribution in [1.29, 1.82) is 0 Å². The Morgan fingerprint density at radius 2 is 2.10 bits per heavy atom. The average Bonchev–Trinajstić information content (AvgIpc) is 2.65. The number of hydrogen-bond acceptors (Lipinski definition) is 5. The van der Waals surface area contributed by atoms with Crippen molar-refractivity contribution in [2.24, 2.45) is 4.99 Å². The zero-order chi connectivity index (χ0) is 14.8. The van der Waals surface area contributed by atoms with Crippen LogP contribution in [0.4, 0.5) is 11.4 Å². The molecule has 104 valence electrons. The molecular formula is C14H10N4O3. The third-order valence-electron chi connectivity index (χ3n) is 3.02. The van der Waals surface area contributed by atoms with Gasteiger partial charge in [0.15, 0.2) is 0 Å². The van der Waals surface area contributed by atoms with Gasteiger partial charge in [-0.2, -0.15) is 10.2 Å². The molecule has 3 rings (SSSR count). The van der Waals surface area contributed by atoms with Gasteiger partial charge in [0.1, 0.15) is 0 Å². The minimum Gasteiger partial charge on any atom is -0.478 e. The summed E-state index contributed by atoms with van der Waals surface area (Å²) >= 11 is 0. The number of aliphatic imine (C=N–C) groups is 1. The molecule has 0 aliphatic carbocycles. The molecule has 0 unspecified atom stereocenters. The molecule has 0 saturated heterocycles. The van der Waals surface area contributed by atoms with E-state index in [0.29, 0.717) is 22.6 Å². The summed E-state index contributed by atoms with van der Waals surface area (Å²) in [6.45, 7) is 0. The molecule has 7 heteroatoms. The van der Waals surface area contributed by atoms with E-state index < -0.39 is 5.97 Å². The topological polar surface area (TPSA) is 105 Å². The van der Waals surface area contributed by atoms with Crippen LogP contribution in [0, 0.1) is 0 Å². The monoisotopic (exact) mass is 282 g/mol. The number of carbonyl (C=O) groups is 2. The molecule has 1 aromatic heterocycles. The van der Waals surface area contributed by atoms with E-state index in [1.54, 1.807) is 12.1 Å². The van der Waals surface area contributed by atoms with Crippen LogP contribution >= 0.6 is 0 Å². The van der Waals surface area contributed by atoms with Crippen LogP contribution in [-0.4, -0.2) is 32.9 Å². The summed E-state index contributed by atoms with van der Waals surface area (Å²) in [6.07, 6.45) is 3.14. The molecule has 1 aliphatic rings. The zero-order valence-corrected chi connectivity index (χ0v) is 10.8. The van der Waals surface area contributed by atoms with E-state index in [9.17, 15) is 9.59 Å². The first kappa shape index (κ1) is 12.9. The number of fused-ring (bicyclic) bond motifs is 1. The lowest BCUT2D eigenvalue weighted by Gasteiger charge is -2.05. The highest BCUT2D eigenvalue weighted by Gasteiger charge is 2.18. The number of aromatic carboxylic acids is 1. The van der Waals surface area contributed by atoms with Crippen molar-refractivity contribution in [3.05, 3.63) is 47.8 Å². The zero-order valence-electron chi connectivity index (χ0n) is 10.8. The van der Waals surface area contributed by atoms with Crippen LogP contribution in [0.1, 0.15) is 22.3 Å². The number of carboxylic acid groups (broad SMARTS) is 1. The summed E-state index contributed by atoms with van der Waals surface area (Å²) in [4.78, 5) is 27.3. The molecule has 0 spiro atoms. The van der Waals surface area contributed by atoms with Crippen LogP contribution in [0.3, 0.4) is 0 Å². The lowest BCUT2D eigenvalue weighted by atomic mass is 10.1. The number of amides is 1. The number of benzene rings is 1. The molecule has 0 saturated carbocycles. The number of rotatable bonds is 2. The van der Waals surface area contributed by atoms with Crippen molar-refractivity contribution in [3.63, 3.8) is 0 Å². The average molecular weight is 282 g/mol.